The molecule has 0 radical (unpaired) electrons. The Hall–Kier alpha value is -2.40. The Kier molecular flexibility index (Phi) is 3.73. The van der Waals surface area contributed by atoms with Gasteiger partial charge in [-0.05, 0) is 29.7 Å². The van der Waals surface area contributed by atoms with Crippen LogP contribution in [-0.2, 0) is 0 Å². The molecule has 0 unspecified atom stereocenters. The highest BCUT2D eigenvalue weighted by atomic mass is 79.9. The van der Waals surface area contributed by atoms with Crippen LogP contribution in [0.1, 0.15) is 11.7 Å². The maximum absolute atomic E-state index is 5.45. The molecule has 1 heterocycles. The van der Waals surface area contributed by atoms with E-state index in [2.05, 4.69) is 63.0 Å². The van der Waals surface area contributed by atoms with Crippen molar-refractivity contribution in [2.24, 2.45) is 0 Å². The molecular formula is C19H17BrN2O2. The van der Waals surface area contributed by atoms with Gasteiger partial charge in [-0.3, -0.25) is 0 Å². The Labute approximate surface area is 148 Å². The summed E-state index contributed by atoms with van der Waals surface area (Å²) in [6.07, 6.45) is -0.0697. The Bertz CT molecular complexity index is 886. The van der Waals surface area contributed by atoms with Crippen LogP contribution >= 0.6 is 15.9 Å². The third-order valence-corrected chi connectivity index (χ3v) is 5.01. The van der Waals surface area contributed by atoms with Gasteiger partial charge in [0.15, 0.2) is 11.5 Å². The largest absolute Gasteiger partial charge is 0.493 e. The molecule has 0 saturated carbocycles. The van der Waals surface area contributed by atoms with E-state index in [4.69, 9.17) is 9.47 Å². The van der Waals surface area contributed by atoms with Gasteiger partial charge in [0.1, 0.15) is 6.17 Å². The van der Waals surface area contributed by atoms with Gasteiger partial charge in [-0.15, -0.1) is 0 Å². The highest BCUT2D eigenvalue weighted by molar-refractivity contribution is 9.10. The summed E-state index contributed by atoms with van der Waals surface area (Å²) in [6.45, 7) is 0. The first kappa shape index (κ1) is 15.1. The number of anilines is 2. The molecule has 0 fully saturated rings. The molecule has 4 nitrogen and oxygen atoms in total. The molecule has 0 amide bonds. The topological polar surface area (TPSA) is 42.5 Å². The summed E-state index contributed by atoms with van der Waals surface area (Å²) < 4.78 is 11.8. The molecule has 0 aliphatic carbocycles. The van der Waals surface area contributed by atoms with Crippen LogP contribution < -0.4 is 20.1 Å². The molecule has 0 atom stereocenters. The predicted octanol–water partition coefficient (Wildman–Crippen LogP) is 5.16. The highest BCUT2D eigenvalue weighted by Crippen LogP contribution is 2.42. The van der Waals surface area contributed by atoms with Crippen LogP contribution in [0.2, 0.25) is 0 Å². The second-order valence-corrected chi connectivity index (χ2v) is 6.51. The van der Waals surface area contributed by atoms with E-state index < -0.39 is 0 Å². The Morgan fingerprint density at radius 3 is 2.04 bits per heavy atom. The Morgan fingerprint density at radius 2 is 1.46 bits per heavy atom. The molecule has 0 spiro atoms. The van der Waals surface area contributed by atoms with Crippen LogP contribution in [0.15, 0.2) is 53.0 Å². The molecule has 2 N–H and O–H groups in total. The van der Waals surface area contributed by atoms with Gasteiger partial charge in [-0.25, -0.2) is 0 Å². The lowest BCUT2D eigenvalue weighted by atomic mass is 10.0. The van der Waals surface area contributed by atoms with Gasteiger partial charge in [0, 0.05) is 26.8 Å². The number of halogens is 1. The summed E-state index contributed by atoms with van der Waals surface area (Å²) in [5.41, 5.74) is 3.29. The average Bonchev–Trinajstić information content (AvgIpc) is 2.61. The van der Waals surface area contributed by atoms with Crippen LogP contribution in [-0.4, -0.2) is 14.2 Å². The highest BCUT2D eigenvalue weighted by Gasteiger charge is 2.23. The van der Waals surface area contributed by atoms with Gasteiger partial charge in [0.25, 0.3) is 0 Å². The quantitative estimate of drug-likeness (QED) is 0.654. The molecule has 0 bridgehead atoms. The molecular weight excluding hydrogens is 368 g/mol. The zero-order chi connectivity index (χ0) is 16.7. The van der Waals surface area contributed by atoms with Gasteiger partial charge in [-0.2, -0.15) is 0 Å². The van der Waals surface area contributed by atoms with Crippen LogP contribution in [0.25, 0.3) is 10.8 Å². The number of methoxy groups -OCH3 is 2. The van der Waals surface area contributed by atoms with Crippen molar-refractivity contribution < 1.29 is 9.47 Å². The lowest BCUT2D eigenvalue weighted by molar-refractivity contribution is 0.354. The van der Waals surface area contributed by atoms with Crippen molar-refractivity contribution in [2.45, 2.75) is 6.17 Å². The molecule has 3 aromatic rings. The summed E-state index contributed by atoms with van der Waals surface area (Å²) in [7, 11) is 3.28. The third kappa shape index (κ3) is 2.36. The minimum Gasteiger partial charge on any atom is -0.493 e. The van der Waals surface area contributed by atoms with Gasteiger partial charge >= 0.3 is 0 Å². The molecule has 122 valence electrons. The Balaban J connectivity index is 1.80. The average molecular weight is 385 g/mol. The summed E-state index contributed by atoms with van der Waals surface area (Å²) in [5.74, 6) is 1.41. The standard InChI is InChI=1S/C19H17BrN2O2/c1-23-16-9-12(13(20)10-17(16)24-2)19-21-14-7-3-5-11-6-4-8-15(22-19)18(11)14/h3-10,19,21-22H,1-2H3. The van der Waals surface area contributed by atoms with Gasteiger partial charge < -0.3 is 20.1 Å². The Morgan fingerprint density at radius 1 is 0.875 bits per heavy atom. The maximum atomic E-state index is 5.45. The van der Waals surface area contributed by atoms with E-state index in [0.29, 0.717) is 11.5 Å². The van der Waals surface area contributed by atoms with E-state index in [9.17, 15) is 0 Å². The van der Waals surface area contributed by atoms with Crippen LogP contribution in [0.4, 0.5) is 11.4 Å². The smallest absolute Gasteiger partial charge is 0.161 e. The summed E-state index contributed by atoms with van der Waals surface area (Å²) in [5, 5.41) is 9.57. The fraction of sp³-hybridized carbons (Fsp3) is 0.158. The monoisotopic (exact) mass is 384 g/mol. The third-order valence-electron chi connectivity index (χ3n) is 4.32. The first-order valence-corrected chi connectivity index (χ1v) is 8.47. The number of benzene rings is 3. The minimum atomic E-state index is -0.0697. The van der Waals surface area contributed by atoms with E-state index in [-0.39, 0.29) is 6.17 Å². The van der Waals surface area contributed by atoms with E-state index in [1.807, 2.05) is 12.1 Å². The SMILES string of the molecule is COc1cc(Br)c(C2Nc3cccc4cccc(c34)N2)cc1OC. The molecule has 5 heteroatoms. The van der Waals surface area contributed by atoms with Crippen LogP contribution in [0.3, 0.4) is 0 Å². The van der Waals surface area contributed by atoms with E-state index in [1.165, 1.54) is 10.8 Å². The fourth-order valence-corrected chi connectivity index (χ4v) is 3.73. The van der Waals surface area contributed by atoms with Crippen molar-refractivity contribution in [3.63, 3.8) is 0 Å². The van der Waals surface area contributed by atoms with Crippen LogP contribution in [0, 0.1) is 0 Å². The van der Waals surface area contributed by atoms with Gasteiger partial charge in [-0.1, -0.05) is 40.2 Å². The van der Waals surface area contributed by atoms with Crippen molar-refractivity contribution in [1.82, 2.24) is 0 Å². The van der Waals surface area contributed by atoms with Crippen molar-refractivity contribution in [1.29, 1.82) is 0 Å². The fourth-order valence-electron chi connectivity index (χ4n) is 3.18. The van der Waals surface area contributed by atoms with Crippen LogP contribution in [0.5, 0.6) is 11.5 Å². The number of hydrogen-bond acceptors (Lipinski definition) is 4. The van der Waals surface area contributed by atoms with Crippen molar-refractivity contribution in [2.75, 3.05) is 24.9 Å². The van der Waals surface area contributed by atoms with Gasteiger partial charge in [0.05, 0.1) is 14.2 Å². The molecule has 1 aliphatic rings. The van der Waals surface area contributed by atoms with E-state index in [0.717, 1.165) is 21.4 Å². The second kappa shape index (κ2) is 5.91. The molecule has 4 rings (SSSR count). The zero-order valence-electron chi connectivity index (χ0n) is 13.4. The maximum Gasteiger partial charge on any atom is 0.161 e. The first-order valence-electron chi connectivity index (χ1n) is 7.67. The van der Waals surface area contributed by atoms with E-state index in [1.54, 1.807) is 14.2 Å². The lowest BCUT2D eigenvalue weighted by Gasteiger charge is -2.30. The molecule has 3 aromatic carbocycles. The summed E-state index contributed by atoms with van der Waals surface area (Å²) in [6, 6.07) is 16.5. The van der Waals surface area contributed by atoms with Crippen molar-refractivity contribution in [3.05, 3.63) is 58.6 Å². The number of rotatable bonds is 3. The lowest BCUT2D eigenvalue weighted by Crippen LogP contribution is -2.24. The normalized spacial score (nSPS) is 13.3. The second-order valence-electron chi connectivity index (χ2n) is 5.66. The summed E-state index contributed by atoms with van der Waals surface area (Å²) >= 11 is 3.65. The minimum absolute atomic E-state index is 0.0697. The predicted molar refractivity (Wildman–Crippen MR) is 101 cm³/mol. The first-order chi connectivity index (χ1) is 11.7. The molecule has 0 aromatic heterocycles. The number of nitrogens with one attached hydrogen (secondary N) is 2. The number of ether oxygens (including phenoxy) is 2. The molecule has 1 aliphatic heterocycles. The summed E-state index contributed by atoms with van der Waals surface area (Å²) in [4.78, 5) is 0. The van der Waals surface area contributed by atoms with Crippen molar-refractivity contribution >= 4 is 38.1 Å². The number of hydrogen-bond donors (Lipinski definition) is 2. The molecule has 0 saturated heterocycles. The molecule has 24 heavy (non-hydrogen) atoms. The van der Waals surface area contributed by atoms with Gasteiger partial charge in [0.2, 0.25) is 0 Å². The van der Waals surface area contributed by atoms with Crippen molar-refractivity contribution in [3.8, 4) is 11.5 Å². The zero-order valence-corrected chi connectivity index (χ0v) is 15.0. The van der Waals surface area contributed by atoms with E-state index >= 15 is 0 Å².